The molecule has 2 aromatic rings. The lowest BCUT2D eigenvalue weighted by atomic mass is 9.97. The number of hydrogen-bond donors (Lipinski definition) is 1. The van der Waals surface area contributed by atoms with Gasteiger partial charge in [-0.25, -0.2) is 0 Å². The first-order valence-electron chi connectivity index (χ1n) is 11.6. The van der Waals surface area contributed by atoms with Gasteiger partial charge in [-0.2, -0.15) is 8.78 Å². The third kappa shape index (κ3) is 4.14. The predicted molar refractivity (Wildman–Crippen MR) is 111 cm³/mol. The van der Waals surface area contributed by atoms with Gasteiger partial charge < -0.3 is 4.90 Å². The molecule has 1 atom stereocenters. The zero-order chi connectivity index (χ0) is 26.6. The molecule has 6 nitrogen and oxygen atoms in total. The third-order valence-electron chi connectivity index (χ3n) is 5.29. The lowest BCUT2D eigenvalue weighted by Gasteiger charge is -2.29. The van der Waals surface area contributed by atoms with E-state index in [4.69, 9.17) is 17.1 Å². The highest BCUT2D eigenvalue weighted by Gasteiger charge is 2.41. The van der Waals surface area contributed by atoms with Crippen LogP contribution in [0.25, 0.3) is 0 Å². The number of Topliss-reactive ketones (excluding diaryl/α,β-unsaturated/α-hetero) is 1. The first-order valence-corrected chi connectivity index (χ1v) is 10.0. The van der Waals surface area contributed by atoms with E-state index in [2.05, 4.69) is 0 Å². The van der Waals surface area contributed by atoms with Gasteiger partial charge >= 0.3 is 5.92 Å². The molecule has 0 radical (unpaired) electrons. The molecule has 166 valence electrons. The SMILES string of the molecule is [2H]N1C(=O)CC[C@]([2H])(N2Cc3cc(C([2H])([2H])CC(=O)C(F)(F)c4ccc(Cl)cc4)ccc3C2=O)C1=O. The number of nitrogens with one attached hydrogen (secondary N) is 1. The number of benzene rings is 2. The van der Waals surface area contributed by atoms with Crippen LogP contribution in [0.3, 0.4) is 0 Å². The Morgan fingerprint density at radius 1 is 1.25 bits per heavy atom. The number of nitrogens with zero attached hydrogens (tertiary/aromatic N) is 1. The van der Waals surface area contributed by atoms with Crippen molar-refractivity contribution in [1.29, 1.82) is 0 Å². The molecule has 0 bridgehead atoms. The average Bonchev–Trinajstić information content (AvgIpc) is 3.17. The normalized spacial score (nSPS) is 23.4. The number of imide groups is 1. The van der Waals surface area contributed by atoms with Crippen molar-refractivity contribution in [3.8, 4) is 0 Å². The Bertz CT molecular complexity index is 1290. The van der Waals surface area contributed by atoms with Crippen LogP contribution in [0.4, 0.5) is 8.78 Å². The molecular formula is C23H19ClF2N2O4. The summed E-state index contributed by atoms with van der Waals surface area (Å²) >= 11 is 5.70. The average molecular weight is 465 g/mol. The molecule has 1 fully saturated rings. The van der Waals surface area contributed by atoms with Gasteiger partial charge in [0.25, 0.3) is 5.91 Å². The van der Waals surface area contributed by atoms with E-state index in [9.17, 15) is 28.0 Å². The quantitative estimate of drug-likeness (QED) is 0.664. The van der Waals surface area contributed by atoms with Crippen LogP contribution < -0.4 is 5.31 Å². The maximum atomic E-state index is 14.7. The monoisotopic (exact) mass is 464 g/mol. The fraction of sp³-hybridized carbons (Fsp3) is 0.304. The summed E-state index contributed by atoms with van der Waals surface area (Å²) in [4.78, 5) is 50.3. The van der Waals surface area contributed by atoms with E-state index >= 15 is 0 Å². The summed E-state index contributed by atoms with van der Waals surface area (Å²) in [5, 5.41) is 0.258. The molecule has 2 aliphatic rings. The van der Waals surface area contributed by atoms with E-state index in [0.29, 0.717) is 0 Å². The number of piperidine rings is 1. The minimum absolute atomic E-state index is 0.0588. The summed E-state index contributed by atoms with van der Waals surface area (Å²) in [5.74, 6) is -8.28. The van der Waals surface area contributed by atoms with Gasteiger partial charge in [-0.1, -0.05) is 35.9 Å². The van der Waals surface area contributed by atoms with E-state index < -0.39 is 53.8 Å². The molecule has 2 aliphatic heterocycles. The minimum atomic E-state index is -3.96. The standard InChI is InChI=1S/C23H19ClF2N2O4/c24-16-5-3-15(4-6-16)23(25,26)19(29)9-2-13-1-7-17-14(11-13)12-28(22(17)32)18-8-10-20(30)27-21(18)31/h1,3-7,11,18H,2,8-10,12H2,(H,27,30,31)/t18-/m0/s1/i2D2,18D/hD. The lowest BCUT2D eigenvalue weighted by Crippen LogP contribution is -2.52. The van der Waals surface area contributed by atoms with Crippen LogP contribution >= 0.6 is 11.6 Å². The number of amides is 3. The summed E-state index contributed by atoms with van der Waals surface area (Å²) in [6.45, 7) is -0.287. The highest BCUT2D eigenvalue weighted by Crippen LogP contribution is 2.32. The number of halogens is 3. The second-order valence-electron chi connectivity index (χ2n) is 7.38. The van der Waals surface area contributed by atoms with Crippen LogP contribution in [0.5, 0.6) is 0 Å². The second kappa shape index (κ2) is 8.43. The van der Waals surface area contributed by atoms with Crippen LogP contribution in [0.15, 0.2) is 42.5 Å². The minimum Gasteiger partial charge on any atom is -0.322 e. The Kier molecular flexibility index (Phi) is 4.59. The second-order valence-corrected chi connectivity index (χ2v) is 7.82. The summed E-state index contributed by atoms with van der Waals surface area (Å²) in [5.41, 5.74) is -0.462. The van der Waals surface area contributed by atoms with Gasteiger partial charge in [0.2, 0.25) is 17.6 Å². The summed E-state index contributed by atoms with van der Waals surface area (Å²) < 4.78 is 62.0. The lowest BCUT2D eigenvalue weighted by molar-refractivity contribution is -0.144. The first-order chi connectivity index (χ1) is 16.7. The molecule has 0 saturated carbocycles. The number of carbonyl (C=O) groups excluding carboxylic acids is 4. The van der Waals surface area contributed by atoms with Gasteiger partial charge in [0.1, 0.15) is 6.02 Å². The van der Waals surface area contributed by atoms with Crippen LogP contribution in [-0.4, -0.2) is 34.4 Å². The van der Waals surface area contributed by atoms with Crippen molar-refractivity contribution >= 4 is 35.1 Å². The molecule has 1 saturated heterocycles. The molecule has 0 unspecified atom stereocenters. The van der Waals surface area contributed by atoms with Crippen LogP contribution in [-0.2, 0) is 33.2 Å². The fourth-order valence-corrected chi connectivity index (χ4v) is 3.70. The summed E-state index contributed by atoms with van der Waals surface area (Å²) in [6.07, 6.45) is -4.27. The Morgan fingerprint density at radius 2 is 1.97 bits per heavy atom. The predicted octanol–water partition coefficient (Wildman–Crippen LogP) is 3.39. The van der Waals surface area contributed by atoms with Gasteiger partial charge in [0.15, 0.2) is 1.41 Å². The van der Waals surface area contributed by atoms with E-state index in [-0.39, 0.29) is 46.4 Å². The van der Waals surface area contributed by atoms with Gasteiger partial charge in [0, 0.05) is 38.3 Å². The molecule has 9 heteroatoms. The Hall–Kier alpha value is -3.13. The van der Waals surface area contributed by atoms with Crippen molar-refractivity contribution in [3.63, 3.8) is 0 Å². The molecule has 0 aromatic heterocycles. The van der Waals surface area contributed by atoms with E-state index in [1.165, 1.54) is 30.3 Å². The fourth-order valence-electron chi connectivity index (χ4n) is 3.58. The van der Waals surface area contributed by atoms with Gasteiger partial charge in [-0.05, 0) is 42.1 Å². The molecule has 0 spiro atoms. The van der Waals surface area contributed by atoms with Crippen LogP contribution in [0.2, 0.25) is 6.43 Å². The number of ketones is 1. The van der Waals surface area contributed by atoms with Gasteiger partial charge in [0.05, 0.1) is 1.37 Å². The number of hydrogen-bond acceptors (Lipinski definition) is 4. The molecule has 1 N–H and O–H groups in total. The van der Waals surface area contributed by atoms with Crippen molar-refractivity contribution in [1.82, 2.24) is 10.2 Å². The maximum absolute atomic E-state index is 14.7. The topological polar surface area (TPSA) is 83.6 Å². The van der Waals surface area contributed by atoms with E-state index in [0.717, 1.165) is 17.0 Å². The van der Waals surface area contributed by atoms with Gasteiger partial charge in [-0.15, -0.1) is 0 Å². The maximum Gasteiger partial charge on any atom is 0.330 e. The Balaban J connectivity index is 1.57. The number of aryl methyl sites for hydroxylation is 1. The molecule has 2 heterocycles. The Morgan fingerprint density at radius 3 is 2.69 bits per heavy atom. The Labute approximate surface area is 193 Å². The molecule has 3 amide bonds. The largest absolute Gasteiger partial charge is 0.330 e. The number of alkyl halides is 2. The third-order valence-corrected chi connectivity index (χ3v) is 5.55. The van der Waals surface area contributed by atoms with Crippen molar-refractivity contribution in [3.05, 3.63) is 69.7 Å². The zero-order valence-corrected chi connectivity index (χ0v) is 17.3. The smallest absolute Gasteiger partial charge is 0.322 e. The van der Waals surface area contributed by atoms with E-state index in [1.807, 2.05) is 0 Å². The van der Waals surface area contributed by atoms with Crippen molar-refractivity contribution in [2.24, 2.45) is 0 Å². The highest BCUT2D eigenvalue weighted by molar-refractivity contribution is 6.30. The van der Waals surface area contributed by atoms with Crippen molar-refractivity contribution < 1.29 is 33.5 Å². The highest BCUT2D eigenvalue weighted by atomic mass is 35.5. The molecule has 32 heavy (non-hydrogen) atoms. The van der Waals surface area contributed by atoms with Crippen molar-refractivity contribution in [2.45, 2.75) is 44.1 Å². The number of fused-ring (bicyclic) bond motifs is 1. The molecule has 0 aliphatic carbocycles. The molecule has 4 rings (SSSR count). The number of carbonyl (C=O) groups is 4. The van der Waals surface area contributed by atoms with Crippen LogP contribution in [0.1, 0.15) is 50.4 Å². The van der Waals surface area contributed by atoms with Crippen LogP contribution in [0, 0.1) is 0 Å². The molecule has 2 aromatic carbocycles. The molecular weight excluding hydrogens is 442 g/mol. The zero-order valence-electron chi connectivity index (χ0n) is 20.5. The van der Waals surface area contributed by atoms with Gasteiger partial charge in [-0.3, -0.25) is 24.5 Å². The summed E-state index contributed by atoms with van der Waals surface area (Å²) in [6, 6.07) is 5.84. The first kappa shape index (κ1) is 17.4. The number of rotatable bonds is 6. The van der Waals surface area contributed by atoms with E-state index in [1.54, 1.807) is 0 Å². The summed E-state index contributed by atoms with van der Waals surface area (Å²) in [7, 11) is 0. The van der Waals surface area contributed by atoms with Crippen molar-refractivity contribution in [2.75, 3.05) is 0 Å².